The Balaban J connectivity index is 1.86. The van der Waals surface area contributed by atoms with Crippen LogP contribution in [0, 0.1) is 5.92 Å². The average Bonchev–Trinajstić information content (AvgIpc) is 3.37. The third kappa shape index (κ3) is 3.09. The molecule has 0 saturated heterocycles. The zero-order valence-electron chi connectivity index (χ0n) is 15.8. The van der Waals surface area contributed by atoms with Gasteiger partial charge in [-0.15, -0.1) is 0 Å². The van der Waals surface area contributed by atoms with Gasteiger partial charge < -0.3 is 9.47 Å². The van der Waals surface area contributed by atoms with Crippen molar-refractivity contribution in [2.75, 3.05) is 0 Å². The first-order valence-electron chi connectivity index (χ1n) is 9.35. The van der Waals surface area contributed by atoms with Crippen LogP contribution in [0.25, 0.3) is 11.1 Å². The molecule has 1 fully saturated rings. The van der Waals surface area contributed by atoms with Gasteiger partial charge in [0.05, 0.1) is 5.56 Å². The second-order valence-electron chi connectivity index (χ2n) is 8.10. The van der Waals surface area contributed by atoms with E-state index in [1.807, 2.05) is 18.3 Å². The average molecular weight is 351 g/mol. The highest BCUT2D eigenvalue weighted by Crippen LogP contribution is 2.51. The molecule has 0 amide bonds. The minimum atomic E-state index is -0.461. The second kappa shape index (κ2) is 6.11. The molecular formula is C22H25NO3. The van der Waals surface area contributed by atoms with E-state index in [-0.39, 0.29) is 5.97 Å². The van der Waals surface area contributed by atoms with Crippen LogP contribution in [0.3, 0.4) is 0 Å². The Morgan fingerprint density at radius 1 is 1.38 bits per heavy atom. The lowest BCUT2D eigenvalue weighted by Crippen LogP contribution is -2.29. The van der Waals surface area contributed by atoms with Gasteiger partial charge in [-0.05, 0) is 55.9 Å². The Bertz CT molecular complexity index is 868. The zero-order valence-corrected chi connectivity index (χ0v) is 15.8. The number of carbonyl (C=O) groups is 1. The lowest BCUT2D eigenvalue weighted by molar-refractivity contribution is -0.131. The van der Waals surface area contributed by atoms with Crippen LogP contribution >= 0.6 is 0 Å². The maximum Gasteiger partial charge on any atom is 0.308 e. The Hall–Kier alpha value is -2.36. The van der Waals surface area contributed by atoms with Gasteiger partial charge in [-0.3, -0.25) is 9.78 Å². The molecular weight excluding hydrogens is 326 g/mol. The quantitative estimate of drug-likeness (QED) is 0.561. The van der Waals surface area contributed by atoms with E-state index in [2.05, 4.69) is 31.8 Å². The summed E-state index contributed by atoms with van der Waals surface area (Å²) in [5.41, 5.74) is 3.54. The summed E-state index contributed by atoms with van der Waals surface area (Å²) >= 11 is 0. The number of nitrogens with zero attached hydrogens (tertiary/aromatic N) is 1. The molecule has 2 aromatic rings. The zero-order chi connectivity index (χ0) is 18.5. The van der Waals surface area contributed by atoms with E-state index in [0.29, 0.717) is 11.7 Å². The van der Waals surface area contributed by atoms with Crippen molar-refractivity contribution in [2.45, 2.75) is 58.5 Å². The van der Waals surface area contributed by atoms with Crippen LogP contribution in [-0.4, -0.2) is 11.0 Å². The van der Waals surface area contributed by atoms with Gasteiger partial charge in [-0.1, -0.05) is 19.8 Å². The van der Waals surface area contributed by atoms with Gasteiger partial charge in [-0.25, -0.2) is 0 Å². The topological polar surface area (TPSA) is 48.4 Å². The van der Waals surface area contributed by atoms with Gasteiger partial charge in [-0.2, -0.15) is 0 Å². The van der Waals surface area contributed by atoms with Crippen LogP contribution in [0.4, 0.5) is 0 Å². The number of pyridine rings is 1. The molecule has 4 nitrogen and oxygen atoms in total. The van der Waals surface area contributed by atoms with E-state index in [9.17, 15) is 4.79 Å². The summed E-state index contributed by atoms with van der Waals surface area (Å²) in [7, 11) is 0. The van der Waals surface area contributed by atoms with Crippen LogP contribution in [0.5, 0.6) is 11.5 Å². The number of hydrogen-bond acceptors (Lipinski definition) is 4. The molecule has 136 valence electrons. The van der Waals surface area contributed by atoms with E-state index in [4.69, 9.17) is 9.47 Å². The summed E-state index contributed by atoms with van der Waals surface area (Å²) in [4.78, 5) is 16.0. The molecule has 1 aliphatic heterocycles. The van der Waals surface area contributed by atoms with Crippen LogP contribution in [0.2, 0.25) is 0 Å². The Kier molecular flexibility index (Phi) is 4.02. The fraction of sp³-hybridized carbons (Fsp3) is 0.455. The summed E-state index contributed by atoms with van der Waals surface area (Å²) in [6.07, 6.45) is 7.43. The highest BCUT2D eigenvalue weighted by atomic mass is 16.5. The Morgan fingerprint density at radius 2 is 2.15 bits per heavy atom. The molecule has 0 radical (unpaired) electrons. The van der Waals surface area contributed by atoms with Crippen molar-refractivity contribution < 1.29 is 14.3 Å². The monoisotopic (exact) mass is 351 g/mol. The maximum absolute atomic E-state index is 11.7. The fourth-order valence-electron chi connectivity index (χ4n) is 3.91. The smallest absolute Gasteiger partial charge is 0.308 e. The highest BCUT2D eigenvalue weighted by Gasteiger charge is 2.35. The number of benzene rings is 1. The number of hydrogen-bond donors (Lipinski definition) is 0. The molecule has 0 spiro atoms. The van der Waals surface area contributed by atoms with Crippen molar-refractivity contribution in [3.8, 4) is 22.6 Å². The van der Waals surface area contributed by atoms with Crippen molar-refractivity contribution >= 4 is 5.97 Å². The minimum absolute atomic E-state index is 0.325. The van der Waals surface area contributed by atoms with Crippen molar-refractivity contribution in [1.29, 1.82) is 0 Å². The predicted molar refractivity (Wildman–Crippen MR) is 100 cm³/mol. The van der Waals surface area contributed by atoms with Crippen LogP contribution in [0.1, 0.15) is 64.0 Å². The molecule has 2 heterocycles. The molecule has 4 heteroatoms. The Morgan fingerprint density at radius 3 is 2.85 bits per heavy atom. The lowest BCUT2D eigenvalue weighted by atomic mass is 9.85. The molecule has 0 N–H and O–H groups in total. The summed E-state index contributed by atoms with van der Waals surface area (Å²) in [6, 6.07) is 6.10. The van der Waals surface area contributed by atoms with Crippen LogP contribution in [-0.2, 0) is 10.4 Å². The first kappa shape index (κ1) is 17.1. The molecule has 1 aromatic heterocycles. The summed E-state index contributed by atoms with van der Waals surface area (Å²) in [6.45, 7) is 7.78. The molecule has 1 aliphatic carbocycles. The molecule has 26 heavy (non-hydrogen) atoms. The number of fused-ring (bicyclic) bond motifs is 3. The van der Waals surface area contributed by atoms with Gasteiger partial charge in [0, 0.05) is 30.4 Å². The van der Waals surface area contributed by atoms with Crippen LogP contribution < -0.4 is 9.47 Å². The maximum atomic E-state index is 11.7. The van der Waals surface area contributed by atoms with Gasteiger partial charge >= 0.3 is 5.97 Å². The van der Waals surface area contributed by atoms with E-state index < -0.39 is 5.60 Å². The van der Waals surface area contributed by atoms with Gasteiger partial charge in [0.2, 0.25) is 0 Å². The summed E-state index contributed by atoms with van der Waals surface area (Å²) in [5, 5.41) is 0. The third-order valence-electron chi connectivity index (χ3n) is 5.40. The molecule has 0 bridgehead atoms. The normalized spacial score (nSPS) is 18.3. The van der Waals surface area contributed by atoms with Crippen molar-refractivity contribution in [3.63, 3.8) is 0 Å². The molecule has 1 aromatic carbocycles. The highest BCUT2D eigenvalue weighted by molar-refractivity contribution is 5.84. The SMILES string of the molecule is CC(=O)Oc1cc(C(C)CC2CC2)cc2c1-c1cnccc1C(C)(C)O2. The number of aromatic nitrogens is 1. The van der Waals surface area contributed by atoms with E-state index in [0.717, 1.165) is 33.9 Å². The number of ether oxygens (including phenoxy) is 2. The minimum Gasteiger partial charge on any atom is -0.482 e. The fourth-order valence-corrected chi connectivity index (χ4v) is 3.91. The van der Waals surface area contributed by atoms with E-state index in [1.165, 1.54) is 26.2 Å². The number of esters is 1. The first-order valence-corrected chi connectivity index (χ1v) is 9.35. The molecule has 1 atom stereocenters. The van der Waals surface area contributed by atoms with E-state index >= 15 is 0 Å². The van der Waals surface area contributed by atoms with Crippen LogP contribution in [0.15, 0.2) is 30.6 Å². The second-order valence-corrected chi connectivity index (χ2v) is 8.10. The van der Waals surface area contributed by atoms with E-state index in [1.54, 1.807) is 6.20 Å². The Labute approximate surface area is 154 Å². The number of carbonyl (C=O) groups excluding carboxylic acids is 1. The van der Waals surface area contributed by atoms with Crippen molar-refractivity contribution in [1.82, 2.24) is 4.98 Å². The third-order valence-corrected chi connectivity index (χ3v) is 5.40. The van der Waals surface area contributed by atoms with Gasteiger partial charge in [0.25, 0.3) is 0 Å². The van der Waals surface area contributed by atoms with Gasteiger partial charge in [0.1, 0.15) is 17.1 Å². The van der Waals surface area contributed by atoms with Gasteiger partial charge in [0.15, 0.2) is 0 Å². The summed E-state index contributed by atoms with van der Waals surface area (Å²) < 4.78 is 12.0. The molecule has 1 saturated carbocycles. The largest absolute Gasteiger partial charge is 0.482 e. The standard InChI is InChI=1S/C22H25NO3/c1-13(9-15-5-6-15)16-10-19(25-14(2)24)21-17-12-23-8-7-18(17)22(3,4)26-20(21)11-16/h7-8,10-13,15H,5-6,9H2,1-4H3. The molecule has 1 unspecified atom stereocenters. The van der Waals surface area contributed by atoms with Crippen molar-refractivity contribution in [2.24, 2.45) is 5.92 Å². The molecule has 2 aliphatic rings. The summed E-state index contributed by atoms with van der Waals surface area (Å²) in [5.74, 6) is 2.25. The lowest BCUT2D eigenvalue weighted by Gasteiger charge is -2.35. The first-order chi connectivity index (χ1) is 12.3. The number of rotatable bonds is 4. The predicted octanol–water partition coefficient (Wildman–Crippen LogP) is 5.21. The molecule has 4 rings (SSSR count). The van der Waals surface area contributed by atoms with Crippen molar-refractivity contribution in [3.05, 3.63) is 41.7 Å².